The number of ether oxygens (including phenoxy) is 2. The summed E-state index contributed by atoms with van der Waals surface area (Å²) in [5.74, 6) is -0.800. The zero-order valence-corrected chi connectivity index (χ0v) is 64.7. The fourth-order valence-corrected chi connectivity index (χ4v) is 14.2. The lowest BCUT2D eigenvalue weighted by Crippen LogP contribution is -2.37. The summed E-state index contributed by atoms with van der Waals surface area (Å²) >= 11 is 0. The van der Waals surface area contributed by atoms with Crippen molar-refractivity contribution in [3.8, 4) is 0 Å². The molecule has 0 aliphatic rings. The number of phosphoric acid groups is 1. The van der Waals surface area contributed by atoms with Crippen molar-refractivity contribution in [2.24, 2.45) is 0 Å². The fourth-order valence-electron chi connectivity index (χ4n) is 13.4. The minimum absolute atomic E-state index is 0.0246. The lowest BCUT2D eigenvalue weighted by molar-refractivity contribution is -0.870. The smallest absolute Gasteiger partial charge is 0.306 e. The van der Waals surface area contributed by atoms with Crippen molar-refractivity contribution in [2.75, 3.05) is 47.5 Å². The lowest BCUT2D eigenvalue weighted by atomic mass is 10.0. The topological polar surface area (TPSA) is 111 Å². The molecule has 0 radical (unpaired) electrons. The minimum Gasteiger partial charge on any atom is -0.756 e. The molecule has 0 bridgehead atoms. The number of hydrogen-bond donors (Lipinski definition) is 0. The Kier molecular flexibility index (Phi) is 74.4. The molecule has 0 aromatic carbocycles. The molecule has 0 fully saturated rings. The molecular formula is C83H166NO8P. The maximum atomic E-state index is 12.9. The highest BCUT2D eigenvalue weighted by atomic mass is 31.2. The molecule has 0 heterocycles. The van der Waals surface area contributed by atoms with Crippen LogP contribution in [-0.2, 0) is 32.7 Å². The standard InChI is InChI=1S/C83H166NO8P/c1-6-8-10-12-14-16-18-20-22-24-26-28-30-32-34-36-37-38-39-40-41-42-43-44-45-46-47-48-50-52-54-56-58-60-62-64-66-68-70-72-74-76-83(86)92-81(80-91-93(87,88)90-78-77-84(3,4)5)79-89-82(85)75-73-71-69-67-65-63-61-59-57-55-53-51-49-35-33-31-29-27-25-23-21-19-17-15-13-11-9-7-2/h81H,6-80H2,1-5H3. The number of carbonyl (C=O) groups excluding carboxylic acids is 2. The van der Waals surface area contributed by atoms with Crippen molar-refractivity contribution in [1.29, 1.82) is 0 Å². The van der Waals surface area contributed by atoms with Crippen molar-refractivity contribution in [1.82, 2.24) is 0 Å². The Morgan fingerprint density at radius 2 is 0.484 bits per heavy atom. The van der Waals surface area contributed by atoms with Crippen molar-refractivity contribution in [3.63, 3.8) is 0 Å². The summed E-state index contributed by atoms with van der Waals surface area (Å²) in [5, 5.41) is 0. The molecule has 0 amide bonds. The molecule has 0 spiro atoms. The zero-order chi connectivity index (χ0) is 67.6. The number of unbranched alkanes of at least 4 members (excludes halogenated alkanes) is 67. The summed E-state index contributed by atoms with van der Waals surface area (Å²) in [5.41, 5.74) is 0. The molecule has 0 rings (SSSR count). The summed E-state index contributed by atoms with van der Waals surface area (Å²) in [6.45, 7) is 4.35. The van der Waals surface area contributed by atoms with Gasteiger partial charge in [0, 0.05) is 12.8 Å². The van der Waals surface area contributed by atoms with Crippen LogP contribution in [0.25, 0.3) is 0 Å². The van der Waals surface area contributed by atoms with Gasteiger partial charge in [0.1, 0.15) is 19.8 Å². The maximum absolute atomic E-state index is 12.9. The first-order valence-corrected chi connectivity index (χ1v) is 43.7. The minimum atomic E-state index is -4.64. The van der Waals surface area contributed by atoms with Crippen molar-refractivity contribution in [3.05, 3.63) is 0 Å². The summed E-state index contributed by atoms with van der Waals surface area (Å²) in [4.78, 5) is 38.2. The van der Waals surface area contributed by atoms with E-state index in [4.69, 9.17) is 18.5 Å². The van der Waals surface area contributed by atoms with Gasteiger partial charge in [0.2, 0.25) is 0 Å². The first-order valence-electron chi connectivity index (χ1n) is 42.2. The molecule has 2 unspecified atom stereocenters. The Bertz CT molecular complexity index is 1520. The zero-order valence-electron chi connectivity index (χ0n) is 63.8. The first-order chi connectivity index (χ1) is 45.5. The van der Waals surface area contributed by atoms with Crippen LogP contribution in [0.3, 0.4) is 0 Å². The van der Waals surface area contributed by atoms with E-state index in [0.717, 1.165) is 32.1 Å². The third-order valence-corrected chi connectivity index (χ3v) is 20.8. The Morgan fingerprint density at radius 3 is 0.688 bits per heavy atom. The quantitative estimate of drug-likeness (QED) is 0.0256. The molecule has 0 N–H and O–H groups in total. The van der Waals surface area contributed by atoms with E-state index in [2.05, 4.69) is 13.8 Å². The van der Waals surface area contributed by atoms with Gasteiger partial charge in [-0.15, -0.1) is 0 Å². The third-order valence-electron chi connectivity index (χ3n) is 19.9. The molecule has 556 valence electrons. The van der Waals surface area contributed by atoms with Gasteiger partial charge in [-0.05, 0) is 12.8 Å². The molecule has 0 aromatic heterocycles. The van der Waals surface area contributed by atoms with Crippen LogP contribution in [0, 0.1) is 0 Å². The molecule has 93 heavy (non-hydrogen) atoms. The van der Waals surface area contributed by atoms with Crippen LogP contribution in [0.15, 0.2) is 0 Å². The van der Waals surface area contributed by atoms with Gasteiger partial charge in [-0.3, -0.25) is 14.2 Å². The van der Waals surface area contributed by atoms with Gasteiger partial charge in [0.05, 0.1) is 27.7 Å². The van der Waals surface area contributed by atoms with Crippen LogP contribution >= 0.6 is 7.82 Å². The second-order valence-corrected chi connectivity index (χ2v) is 32.0. The Labute approximate surface area is 582 Å². The van der Waals surface area contributed by atoms with Gasteiger partial charge in [-0.25, -0.2) is 0 Å². The van der Waals surface area contributed by atoms with Crippen LogP contribution in [-0.4, -0.2) is 70.0 Å². The van der Waals surface area contributed by atoms with Gasteiger partial charge in [0.15, 0.2) is 6.10 Å². The van der Waals surface area contributed by atoms with E-state index < -0.39 is 26.5 Å². The Morgan fingerprint density at radius 1 is 0.290 bits per heavy atom. The van der Waals surface area contributed by atoms with Crippen LogP contribution in [0.2, 0.25) is 0 Å². The van der Waals surface area contributed by atoms with Gasteiger partial charge in [0.25, 0.3) is 7.82 Å². The van der Waals surface area contributed by atoms with Crippen LogP contribution < -0.4 is 4.89 Å². The largest absolute Gasteiger partial charge is 0.756 e. The normalized spacial score (nSPS) is 12.9. The number of hydrogen-bond acceptors (Lipinski definition) is 8. The highest BCUT2D eigenvalue weighted by Gasteiger charge is 2.22. The van der Waals surface area contributed by atoms with Gasteiger partial charge in [-0.2, -0.15) is 0 Å². The van der Waals surface area contributed by atoms with Crippen molar-refractivity contribution >= 4 is 19.8 Å². The van der Waals surface area contributed by atoms with Crippen LogP contribution in [0.1, 0.15) is 470 Å². The van der Waals surface area contributed by atoms with Crippen LogP contribution in [0.4, 0.5) is 0 Å². The Hall–Kier alpha value is -0.990. The maximum Gasteiger partial charge on any atom is 0.306 e. The number of esters is 2. The molecule has 0 aliphatic carbocycles. The second-order valence-electron chi connectivity index (χ2n) is 30.6. The van der Waals surface area contributed by atoms with E-state index in [9.17, 15) is 19.0 Å². The van der Waals surface area contributed by atoms with E-state index in [1.54, 1.807) is 0 Å². The number of nitrogens with zero attached hydrogens (tertiary/aromatic N) is 1. The molecule has 0 aliphatic heterocycles. The van der Waals surface area contributed by atoms with E-state index in [1.807, 2.05) is 21.1 Å². The summed E-state index contributed by atoms with van der Waals surface area (Å²) < 4.78 is 34.5. The second kappa shape index (κ2) is 75.2. The van der Waals surface area contributed by atoms with Gasteiger partial charge < -0.3 is 27.9 Å². The average molecular weight is 1340 g/mol. The molecule has 0 saturated heterocycles. The average Bonchev–Trinajstić information content (AvgIpc) is 2.30. The molecule has 2 atom stereocenters. The summed E-state index contributed by atoms with van der Waals surface area (Å²) in [6.07, 6.45) is 94.1. The van der Waals surface area contributed by atoms with E-state index in [-0.39, 0.29) is 32.0 Å². The highest BCUT2D eigenvalue weighted by Crippen LogP contribution is 2.38. The van der Waals surface area contributed by atoms with Gasteiger partial charge in [-0.1, -0.05) is 444 Å². The number of quaternary nitrogens is 1. The van der Waals surface area contributed by atoms with E-state index >= 15 is 0 Å². The molecule has 0 aromatic rings. The SMILES string of the molecule is CCCCCCCCCCCCCCCCCCCCCCCCCCCCCCCCCCCCCCCCCCCC(=O)OC(COC(=O)CCCCCCCCCCCCCCCCCCCCCCCCCCCCCC)COP(=O)([O-])OCC[N+](C)(C)C. The monoisotopic (exact) mass is 1340 g/mol. The molecule has 10 heteroatoms. The first kappa shape index (κ1) is 92.0. The molecule has 9 nitrogen and oxygen atoms in total. The number of likely N-dealkylation sites (N-methyl/N-ethyl adjacent to an activating group) is 1. The summed E-state index contributed by atoms with van der Waals surface area (Å²) in [6, 6.07) is 0. The third kappa shape index (κ3) is 79.9. The van der Waals surface area contributed by atoms with Crippen LogP contribution in [0.5, 0.6) is 0 Å². The highest BCUT2D eigenvalue weighted by molar-refractivity contribution is 7.45. The predicted molar refractivity (Wildman–Crippen MR) is 402 cm³/mol. The fraction of sp³-hybridized carbons (Fsp3) is 0.976. The van der Waals surface area contributed by atoms with Crippen molar-refractivity contribution in [2.45, 2.75) is 476 Å². The predicted octanol–water partition coefficient (Wildman–Crippen LogP) is 27.4. The Balaban J connectivity index is 3.83. The number of phosphoric ester groups is 1. The molecule has 0 saturated carbocycles. The molecular weight excluding hydrogens is 1170 g/mol. The van der Waals surface area contributed by atoms with Crippen molar-refractivity contribution < 1.29 is 42.1 Å². The van der Waals surface area contributed by atoms with E-state index in [1.165, 1.54) is 405 Å². The summed E-state index contributed by atoms with van der Waals surface area (Å²) in [7, 11) is 1.20. The number of rotatable bonds is 81. The van der Waals surface area contributed by atoms with E-state index in [0.29, 0.717) is 17.4 Å². The lowest BCUT2D eigenvalue weighted by Gasteiger charge is -2.28. The number of carbonyl (C=O) groups is 2. The van der Waals surface area contributed by atoms with Gasteiger partial charge >= 0.3 is 11.9 Å².